The van der Waals surface area contributed by atoms with E-state index in [-0.39, 0.29) is 24.5 Å². The summed E-state index contributed by atoms with van der Waals surface area (Å²) >= 11 is 0. The van der Waals surface area contributed by atoms with Gasteiger partial charge in [-0.1, -0.05) is 13.3 Å². The van der Waals surface area contributed by atoms with Crippen molar-refractivity contribution in [1.82, 2.24) is 9.29 Å². The molecule has 1 amide bonds. The van der Waals surface area contributed by atoms with E-state index in [1.807, 2.05) is 6.92 Å². The highest BCUT2D eigenvalue weighted by Gasteiger charge is 2.25. The average Bonchev–Trinajstić information content (AvgIpc) is 2.43. The summed E-state index contributed by atoms with van der Waals surface area (Å²) in [4.78, 5) is 15.0. The molecule has 0 aromatic carbocycles. The van der Waals surface area contributed by atoms with E-state index < -0.39 is 15.9 Å². The Labute approximate surface area is 119 Å². The molecule has 1 heterocycles. The average molecular weight is 300 g/mol. The van der Waals surface area contributed by atoms with Gasteiger partial charge in [0.05, 0.1) is 12.2 Å². The third-order valence-corrected chi connectivity index (χ3v) is 4.57. The van der Waals surface area contributed by atoms with Crippen LogP contribution in [0.3, 0.4) is 0 Å². The number of unbranched alkanes of at least 4 members (excludes halogenated alkanes) is 1. The maximum atomic E-state index is 12.4. The minimum absolute atomic E-state index is 0.0343. The van der Waals surface area contributed by atoms with Gasteiger partial charge in [-0.2, -0.15) is 4.31 Å². The van der Waals surface area contributed by atoms with Gasteiger partial charge in [-0.15, -0.1) is 0 Å². The molecule has 112 valence electrons. The predicted molar refractivity (Wildman–Crippen MR) is 75.0 cm³/mol. The molecule has 0 bridgehead atoms. The fraction of sp³-hybridized carbons (Fsp3) is 0.500. The van der Waals surface area contributed by atoms with Crippen molar-refractivity contribution in [2.45, 2.75) is 31.2 Å². The summed E-state index contributed by atoms with van der Waals surface area (Å²) in [5.41, 5.74) is 11.1. The van der Waals surface area contributed by atoms with Crippen LogP contribution >= 0.6 is 0 Å². The van der Waals surface area contributed by atoms with Crippen LogP contribution in [0.4, 0.5) is 0 Å². The van der Waals surface area contributed by atoms with Crippen molar-refractivity contribution in [3.8, 4) is 0 Å². The van der Waals surface area contributed by atoms with Crippen molar-refractivity contribution in [2.75, 3.05) is 13.1 Å². The van der Waals surface area contributed by atoms with E-state index in [0.717, 1.165) is 10.7 Å². The highest BCUT2D eigenvalue weighted by molar-refractivity contribution is 7.89. The topological polar surface area (TPSA) is 119 Å². The first kappa shape index (κ1) is 16.5. The lowest BCUT2D eigenvalue weighted by molar-refractivity contribution is -0.118. The standard InChI is InChI=1S/C12H20N4O3S/c1-2-3-6-16(9-12(14)17)20(18,19)11-5-4-10(7-13)15-8-11/h4-5,8H,2-3,6-7,9,13H2,1H3,(H2,14,17). The van der Waals surface area contributed by atoms with Crippen molar-refractivity contribution in [3.05, 3.63) is 24.0 Å². The lowest BCUT2D eigenvalue weighted by Gasteiger charge is -2.20. The number of nitrogens with two attached hydrogens (primary N) is 2. The molecular formula is C12H20N4O3S. The summed E-state index contributed by atoms with van der Waals surface area (Å²) in [7, 11) is -3.76. The minimum Gasteiger partial charge on any atom is -0.369 e. The fourth-order valence-electron chi connectivity index (χ4n) is 1.63. The predicted octanol–water partition coefficient (Wildman–Crippen LogP) is -0.184. The van der Waals surface area contributed by atoms with E-state index in [1.165, 1.54) is 12.3 Å². The summed E-state index contributed by atoms with van der Waals surface area (Å²) in [5.74, 6) is -0.684. The summed E-state index contributed by atoms with van der Waals surface area (Å²) < 4.78 is 25.9. The Hall–Kier alpha value is -1.51. The second kappa shape index (κ2) is 7.32. The third-order valence-electron chi connectivity index (χ3n) is 2.74. The van der Waals surface area contributed by atoms with E-state index in [2.05, 4.69) is 4.98 Å². The van der Waals surface area contributed by atoms with E-state index in [1.54, 1.807) is 6.07 Å². The molecule has 0 fully saturated rings. The molecule has 7 nitrogen and oxygen atoms in total. The smallest absolute Gasteiger partial charge is 0.245 e. The number of primary amides is 1. The maximum Gasteiger partial charge on any atom is 0.245 e. The lowest BCUT2D eigenvalue weighted by Crippen LogP contribution is -2.39. The summed E-state index contributed by atoms with van der Waals surface area (Å²) in [5, 5.41) is 0. The third kappa shape index (κ3) is 4.26. The fourth-order valence-corrected chi connectivity index (χ4v) is 3.02. The quantitative estimate of drug-likeness (QED) is 0.690. The van der Waals surface area contributed by atoms with Crippen LogP contribution in [0.5, 0.6) is 0 Å². The molecule has 4 N–H and O–H groups in total. The van der Waals surface area contributed by atoms with Gasteiger partial charge in [0.1, 0.15) is 4.90 Å². The number of amides is 1. The number of hydrogen-bond acceptors (Lipinski definition) is 5. The monoisotopic (exact) mass is 300 g/mol. The van der Waals surface area contributed by atoms with Crippen molar-refractivity contribution < 1.29 is 13.2 Å². The van der Waals surface area contributed by atoms with Crippen LogP contribution in [0.25, 0.3) is 0 Å². The molecule has 0 aliphatic carbocycles. The van der Waals surface area contributed by atoms with Crippen molar-refractivity contribution >= 4 is 15.9 Å². The van der Waals surface area contributed by atoms with Gasteiger partial charge in [-0.05, 0) is 18.6 Å². The molecular weight excluding hydrogens is 280 g/mol. The van der Waals surface area contributed by atoms with Crippen molar-refractivity contribution in [1.29, 1.82) is 0 Å². The van der Waals surface area contributed by atoms with Gasteiger partial charge >= 0.3 is 0 Å². The Morgan fingerprint density at radius 1 is 1.40 bits per heavy atom. The van der Waals surface area contributed by atoms with E-state index >= 15 is 0 Å². The number of aromatic nitrogens is 1. The number of carbonyl (C=O) groups excluding carboxylic acids is 1. The molecule has 8 heteroatoms. The zero-order valence-corrected chi connectivity index (χ0v) is 12.3. The maximum absolute atomic E-state index is 12.4. The first-order valence-corrected chi connectivity index (χ1v) is 7.79. The Balaban J connectivity index is 3.03. The SMILES string of the molecule is CCCCN(CC(N)=O)S(=O)(=O)c1ccc(CN)nc1. The lowest BCUT2D eigenvalue weighted by atomic mass is 10.3. The van der Waals surface area contributed by atoms with Crippen LogP contribution in [-0.2, 0) is 21.4 Å². The van der Waals surface area contributed by atoms with Crippen LogP contribution in [0.15, 0.2) is 23.2 Å². The van der Waals surface area contributed by atoms with Crippen LogP contribution in [-0.4, -0.2) is 36.7 Å². The molecule has 1 aromatic heterocycles. The Kier molecular flexibility index (Phi) is 6.05. The zero-order valence-electron chi connectivity index (χ0n) is 11.4. The van der Waals surface area contributed by atoms with Gasteiger partial charge in [0.25, 0.3) is 0 Å². The van der Waals surface area contributed by atoms with Gasteiger partial charge in [0, 0.05) is 19.3 Å². The van der Waals surface area contributed by atoms with E-state index in [4.69, 9.17) is 11.5 Å². The van der Waals surface area contributed by atoms with E-state index in [9.17, 15) is 13.2 Å². The molecule has 0 saturated carbocycles. The number of nitrogens with zero attached hydrogens (tertiary/aromatic N) is 2. The summed E-state index contributed by atoms with van der Waals surface area (Å²) in [6.07, 6.45) is 2.72. The molecule has 0 radical (unpaired) electrons. The van der Waals surface area contributed by atoms with Crippen LogP contribution in [0.1, 0.15) is 25.5 Å². The van der Waals surface area contributed by atoms with Gasteiger partial charge in [0.15, 0.2) is 0 Å². The minimum atomic E-state index is -3.76. The molecule has 0 aliphatic heterocycles. The van der Waals surface area contributed by atoms with Gasteiger partial charge in [-0.3, -0.25) is 9.78 Å². The van der Waals surface area contributed by atoms with E-state index in [0.29, 0.717) is 12.1 Å². The van der Waals surface area contributed by atoms with Crippen molar-refractivity contribution in [2.24, 2.45) is 11.5 Å². The normalized spacial score (nSPS) is 11.8. The molecule has 0 aliphatic rings. The second-order valence-corrected chi connectivity index (χ2v) is 6.29. The highest BCUT2D eigenvalue weighted by Crippen LogP contribution is 2.15. The zero-order chi connectivity index (χ0) is 15.2. The second-order valence-electron chi connectivity index (χ2n) is 4.35. The molecule has 0 unspecified atom stereocenters. The number of rotatable bonds is 8. The molecule has 1 rings (SSSR count). The van der Waals surface area contributed by atoms with Gasteiger partial charge in [0.2, 0.25) is 15.9 Å². The van der Waals surface area contributed by atoms with Gasteiger partial charge < -0.3 is 11.5 Å². The molecule has 0 atom stereocenters. The number of sulfonamides is 1. The van der Waals surface area contributed by atoms with Crippen molar-refractivity contribution in [3.63, 3.8) is 0 Å². The molecule has 1 aromatic rings. The molecule has 0 saturated heterocycles. The Morgan fingerprint density at radius 2 is 2.10 bits per heavy atom. The molecule has 0 spiro atoms. The summed E-state index contributed by atoms with van der Waals surface area (Å²) in [6.45, 7) is 2.09. The number of hydrogen-bond donors (Lipinski definition) is 2. The Bertz CT molecular complexity index is 542. The molecule has 20 heavy (non-hydrogen) atoms. The Morgan fingerprint density at radius 3 is 2.55 bits per heavy atom. The highest BCUT2D eigenvalue weighted by atomic mass is 32.2. The van der Waals surface area contributed by atoms with Crippen LogP contribution < -0.4 is 11.5 Å². The first-order chi connectivity index (χ1) is 9.41. The van der Waals surface area contributed by atoms with Gasteiger partial charge in [-0.25, -0.2) is 8.42 Å². The number of pyridine rings is 1. The van der Waals surface area contributed by atoms with Crippen LogP contribution in [0, 0.1) is 0 Å². The first-order valence-electron chi connectivity index (χ1n) is 6.35. The van der Waals surface area contributed by atoms with Crippen LogP contribution in [0.2, 0.25) is 0 Å². The summed E-state index contributed by atoms with van der Waals surface area (Å²) in [6, 6.07) is 2.99. The number of carbonyl (C=O) groups is 1. The largest absolute Gasteiger partial charge is 0.369 e.